The van der Waals surface area contributed by atoms with Gasteiger partial charge in [0.2, 0.25) is 0 Å². The van der Waals surface area contributed by atoms with Crippen molar-refractivity contribution in [3.63, 3.8) is 0 Å². The topological polar surface area (TPSA) is 38.0 Å². The van der Waals surface area contributed by atoms with Gasteiger partial charge in [-0.1, -0.05) is 19.9 Å². The highest BCUT2D eigenvalue weighted by Gasteiger charge is 2.00. The van der Waals surface area contributed by atoms with Crippen LogP contribution in [0.3, 0.4) is 0 Å². The Morgan fingerprint density at radius 3 is 2.73 bits per heavy atom. The van der Waals surface area contributed by atoms with Crippen LogP contribution in [0.25, 0.3) is 0 Å². The van der Waals surface area contributed by atoms with Gasteiger partial charge < -0.3 is 11.1 Å². The average Bonchev–Trinajstić information content (AvgIpc) is 2.14. The van der Waals surface area contributed by atoms with Gasteiger partial charge in [0.1, 0.15) is 0 Å². The van der Waals surface area contributed by atoms with Crippen LogP contribution in [0.2, 0.25) is 0 Å². The molecule has 3 N–H and O–H groups in total. The summed E-state index contributed by atoms with van der Waals surface area (Å²) < 4.78 is 0. The van der Waals surface area contributed by atoms with Crippen LogP contribution in [0.1, 0.15) is 19.4 Å². The molecule has 0 fully saturated rings. The Bertz CT molecular complexity index is 310. The molecule has 1 rings (SSSR count). The lowest BCUT2D eigenvalue weighted by Crippen LogP contribution is -2.24. The molecule has 0 aromatic heterocycles. The fourth-order valence-electron chi connectivity index (χ4n) is 1.31. The van der Waals surface area contributed by atoms with E-state index in [9.17, 15) is 0 Å². The van der Waals surface area contributed by atoms with Crippen molar-refractivity contribution in [1.82, 2.24) is 5.32 Å². The van der Waals surface area contributed by atoms with Crippen LogP contribution in [0, 0.1) is 6.92 Å². The number of thioether (sulfide) groups is 1. The molecule has 0 bridgehead atoms. The third kappa shape index (κ3) is 4.58. The number of nitrogens with one attached hydrogen (secondary N) is 1. The first-order chi connectivity index (χ1) is 7.09. The normalized spacial score (nSPS) is 10.9. The van der Waals surface area contributed by atoms with Crippen molar-refractivity contribution >= 4 is 17.4 Å². The van der Waals surface area contributed by atoms with Gasteiger partial charge in [-0.15, -0.1) is 11.8 Å². The Balaban J connectivity index is 2.37. The molecule has 0 saturated heterocycles. The fraction of sp³-hybridized carbons (Fsp3) is 0.500. The van der Waals surface area contributed by atoms with E-state index < -0.39 is 0 Å². The van der Waals surface area contributed by atoms with Gasteiger partial charge in [0.25, 0.3) is 0 Å². The predicted molar refractivity (Wildman–Crippen MR) is 69.5 cm³/mol. The molecule has 0 radical (unpaired) electrons. The summed E-state index contributed by atoms with van der Waals surface area (Å²) in [6.07, 6.45) is 0. The third-order valence-electron chi connectivity index (χ3n) is 2.08. The van der Waals surface area contributed by atoms with Gasteiger partial charge in [-0.2, -0.15) is 0 Å². The van der Waals surface area contributed by atoms with E-state index >= 15 is 0 Å². The molecule has 0 unspecified atom stereocenters. The molecule has 1 aromatic rings. The Morgan fingerprint density at radius 1 is 1.40 bits per heavy atom. The number of aryl methyl sites for hydroxylation is 1. The first-order valence-electron chi connectivity index (χ1n) is 5.32. The van der Waals surface area contributed by atoms with E-state index in [1.54, 1.807) is 0 Å². The summed E-state index contributed by atoms with van der Waals surface area (Å²) in [7, 11) is 0. The molecule has 0 saturated carbocycles. The zero-order valence-corrected chi connectivity index (χ0v) is 10.5. The maximum absolute atomic E-state index is 5.92. The molecule has 0 atom stereocenters. The summed E-state index contributed by atoms with van der Waals surface area (Å²) in [5, 5.41) is 3.38. The highest BCUT2D eigenvalue weighted by atomic mass is 32.2. The second kappa shape index (κ2) is 6.03. The maximum atomic E-state index is 5.92. The van der Waals surface area contributed by atoms with Gasteiger partial charge in [-0.05, 0) is 24.6 Å². The van der Waals surface area contributed by atoms with Gasteiger partial charge in [-0.3, -0.25) is 0 Å². The molecule has 0 aliphatic heterocycles. The molecule has 84 valence electrons. The molecule has 1 aromatic carbocycles. The number of anilines is 1. The first-order valence-corrected chi connectivity index (χ1v) is 6.30. The predicted octanol–water partition coefficient (Wildman–Crippen LogP) is 2.67. The third-order valence-corrected chi connectivity index (χ3v) is 3.17. The lowest BCUT2D eigenvalue weighted by atomic mass is 10.2. The number of nitrogens with two attached hydrogens (primary N) is 1. The molecule has 3 heteroatoms. The molecule has 0 heterocycles. The van der Waals surface area contributed by atoms with Crippen molar-refractivity contribution in [2.45, 2.75) is 31.7 Å². The number of benzene rings is 1. The molecular weight excluding hydrogens is 204 g/mol. The van der Waals surface area contributed by atoms with Crippen molar-refractivity contribution < 1.29 is 0 Å². The molecule has 0 aliphatic rings. The molecule has 0 spiro atoms. The van der Waals surface area contributed by atoms with Gasteiger partial charge in [0, 0.05) is 28.9 Å². The van der Waals surface area contributed by atoms with Crippen LogP contribution in [0.4, 0.5) is 5.69 Å². The van der Waals surface area contributed by atoms with Crippen LogP contribution in [-0.2, 0) is 0 Å². The fourth-order valence-corrected chi connectivity index (χ4v) is 2.14. The summed E-state index contributed by atoms with van der Waals surface area (Å²) in [5.41, 5.74) is 8.03. The van der Waals surface area contributed by atoms with E-state index in [0.29, 0.717) is 6.04 Å². The van der Waals surface area contributed by atoms with Crippen LogP contribution in [0.5, 0.6) is 0 Å². The Kier molecular flexibility index (Phi) is 4.99. The lowest BCUT2D eigenvalue weighted by molar-refractivity contribution is 0.616. The second-order valence-electron chi connectivity index (χ2n) is 4.00. The first kappa shape index (κ1) is 12.4. The summed E-state index contributed by atoms with van der Waals surface area (Å²) in [5.74, 6) is 1.06. The minimum atomic E-state index is 0.556. The molecule has 0 aliphatic carbocycles. The Morgan fingerprint density at radius 2 is 2.13 bits per heavy atom. The van der Waals surface area contributed by atoms with Crippen LogP contribution < -0.4 is 11.1 Å². The number of hydrogen-bond acceptors (Lipinski definition) is 3. The van der Waals surface area contributed by atoms with Crippen molar-refractivity contribution in [2.75, 3.05) is 18.0 Å². The quantitative estimate of drug-likeness (QED) is 0.459. The zero-order valence-electron chi connectivity index (χ0n) is 9.71. The Labute approximate surface area is 96.6 Å². The standard InChI is InChI=1S/C12H20N2S/c1-9(2)14-6-7-15-12-5-4-10(3)8-11(12)13/h4-5,8-9,14H,6-7,13H2,1-3H3. The number of nitrogen functional groups attached to an aromatic ring is 1. The highest BCUT2D eigenvalue weighted by molar-refractivity contribution is 7.99. The smallest absolute Gasteiger partial charge is 0.0454 e. The summed E-state index contributed by atoms with van der Waals surface area (Å²) in [6.45, 7) is 7.40. The van der Waals surface area contributed by atoms with Crippen LogP contribution in [-0.4, -0.2) is 18.3 Å². The van der Waals surface area contributed by atoms with E-state index in [2.05, 4.69) is 38.2 Å². The van der Waals surface area contributed by atoms with E-state index in [-0.39, 0.29) is 0 Å². The second-order valence-corrected chi connectivity index (χ2v) is 5.14. The molecule has 0 amide bonds. The van der Waals surface area contributed by atoms with Crippen molar-refractivity contribution in [1.29, 1.82) is 0 Å². The van der Waals surface area contributed by atoms with Gasteiger partial charge in [0.15, 0.2) is 0 Å². The SMILES string of the molecule is Cc1ccc(SCCNC(C)C)c(N)c1. The number of rotatable bonds is 5. The maximum Gasteiger partial charge on any atom is 0.0454 e. The average molecular weight is 224 g/mol. The van der Waals surface area contributed by atoms with E-state index in [1.807, 2.05) is 17.8 Å². The van der Waals surface area contributed by atoms with Gasteiger partial charge in [0.05, 0.1) is 0 Å². The van der Waals surface area contributed by atoms with Crippen molar-refractivity contribution in [2.24, 2.45) is 0 Å². The van der Waals surface area contributed by atoms with E-state index in [0.717, 1.165) is 18.0 Å². The molecule has 15 heavy (non-hydrogen) atoms. The molecular formula is C12H20N2S. The van der Waals surface area contributed by atoms with Crippen LogP contribution >= 0.6 is 11.8 Å². The minimum Gasteiger partial charge on any atom is -0.398 e. The van der Waals surface area contributed by atoms with Gasteiger partial charge in [-0.25, -0.2) is 0 Å². The largest absolute Gasteiger partial charge is 0.398 e. The van der Waals surface area contributed by atoms with Gasteiger partial charge >= 0.3 is 0 Å². The lowest BCUT2D eigenvalue weighted by Gasteiger charge is -2.09. The van der Waals surface area contributed by atoms with Crippen molar-refractivity contribution in [3.05, 3.63) is 23.8 Å². The minimum absolute atomic E-state index is 0.556. The zero-order chi connectivity index (χ0) is 11.3. The van der Waals surface area contributed by atoms with E-state index in [1.165, 1.54) is 10.5 Å². The summed E-state index contributed by atoms with van der Waals surface area (Å²) in [4.78, 5) is 1.19. The summed E-state index contributed by atoms with van der Waals surface area (Å²) >= 11 is 1.81. The van der Waals surface area contributed by atoms with Crippen molar-refractivity contribution in [3.8, 4) is 0 Å². The Hall–Kier alpha value is -0.670. The molecule has 2 nitrogen and oxygen atoms in total. The van der Waals surface area contributed by atoms with Crippen LogP contribution in [0.15, 0.2) is 23.1 Å². The number of hydrogen-bond donors (Lipinski definition) is 2. The highest BCUT2D eigenvalue weighted by Crippen LogP contribution is 2.25. The summed E-state index contributed by atoms with van der Waals surface area (Å²) in [6, 6.07) is 6.79. The monoisotopic (exact) mass is 224 g/mol. The van der Waals surface area contributed by atoms with E-state index in [4.69, 9.17) is 5.73 Å².